The SMILES string of the molecule is Clc1ccc2c(c1)C(c1ccccc1)c1ccc3cccnc3c1C2c1ccccc1. The molecule has 0 aliphatic heterocycles. The van der Waals surface area contributed by atoms with E-state index in [9.17, 15) is 0 Å². The number of pyridine rings is 1. The number of rotatable bonds is 2. The first-order valence-electron chi connectivity index (χ1n) is 10.6. The molecule has 0 saturated carbocycles. The Morgan fingerprint density at radius 3 is 2.00 bits per heavy atom. The van der Waals surface area contributed by atoms with Crippen molar-refractivity contribution in [3.63, 3.8) is 0 Å². The fourth-order valence-electron chi connectivity index (χ4n) is 5.12. The maximum Gasteiger partial charge on any atom is 0.0746 e. The van der Waals surface area contributed by atoms with Crippen LogP contribution >= 0.6 is 11.6 Å². The van der Waals surface area contributed by atoms with E-state index in [2.05, 4.69) is 91.0 Å². The zero-order valence-electron chi connectivity index (χ0n) is 16.9. The second-order valence-electron chi connectivity index (χ2n) is 8.10. The summed E-state index contributed by atoms with van der Waals surface area (Å²) in [6.45, 7) is 0. The van der Waals surface area contributed by atoms with E-state index in [0.717, 1.165) is 10.5 Å². The summed E-state index contributed by atoms with van der Waals surface area (Å²) < 4.78 is 0. The highest BCUT2D eigenvalue weighted by atomic mass is 35.5. The molecule has 0 N–H and O–H groups in total. The molecule has 1 aliphatic carbocycles. The molecule has 0 radical (unpaired) electrons. The van der Waals surface area contributed by atoms with Gasteiger partial charge in [0.2, 0.25) is 0 Å². The summed E-state index contributed by atoms with van der Waals surface area (Å²) >= 11 is 6.53. The highest BCUT2D eigenvalue weighted by Crippen LogP contribution is 2.50. The largest absolute Gasteiger partial charge is 0.256 e. The number of benzene rings is 4. The van der Waals surface area contributed by atoms with Crippen LogP contribution < -0.4 is 0 Å². The van der Waals surface area contributed by atoms with Crippen molar-refractivity contribution in [1.82, 2.24) is 4.98 Å². The quantitative estimate of drug-likeness (QED) is 0.283. The number of aromatic nitrogens is 1. The lowest BCUT2D eigenvalue weighted by atomic mass is 9.68. The lowest BCUT2D eigenvalue weighted by molar-refractivity contribution is 0.827. The van der Waals surface area contributed by atoms with Gasteiger partial charge in [-0.05, 0) is 51.6 Å². The van der Waals surface area contributed by atoms with Gasteiger partial charge in [0, 0.05) is 28.4 Å². The first-order valence-corrected chi connectivity index (χ1v) is 11.0. The van der Waals surface area contributed by atoms with Crippen molar-refractivity contribution in [3.8, 4) is 0 Å². The summed E-state index contributed by atoms with van der Waals surface area (Å²) in [5, 5.41) is 1.94. The summed E-state index contributed by atoms with van der Waals surface area (Å²) in [6.07, 6.45) is 1.90. The second kappa shape index (κ2) is 7.37. The van der Waals surface area contributed by atoms with Gasteiger partial charge in [0.25, 0.3) is 0 Å². The Labute approximate surface area is 187 Å². The third kappa shape index (κ3) is 2.97. The predicted molar refractivity (Wildman–Crippen MR) is 128 cm³/mol. The summed E-state index contributed by atoms with van der Waals surface area (Å²) in [4.78, 5) is 4.86. The van der Waals surface area contributed by atoms with Crippen LogP contribution in [-0.2, 0) is 0 Å². The van der Waals surface area contributed by atoms with Crippen LogP contribution in [0.1, 0.15) is 45.2 Å². The maximum atomic E-state index is 6.53. The van der Waals surface area contributed by atoms with Gasteiger partial charge in [-0.25, -0.2) is 0 Å². The van der Waals surface area contributed by atoms with Crippen LogP contribution in [0.4, 0.5) is 0 Å². The van der Waals surface area contributed by atoms with Crippen molar-refractivity contribution >= 4 is 22.5 Å². The topological polar surface area (TPSA) is 12.9 Å². The molecule has 2 heteroatoms. The first kappa shape index (κ1) is 18.4. The van der Waals surface area contributed by atoms with Crippen molar-refractivity contribution in [1.29, 1.82) is 0 Å². The van der Waals surface area contributed by atoms with E-state index in [1.165, 1.54) is 38.8 Å². The number of nitrogens with zero attached hydrogens (tertiary/aromatic N) is 1. The van der Waals surface area contributed by atoms with Crippen LogP contribution in [0.2, 0.25) is 5.02 Å². The van der Waals surface area contributed by atoms with E-state index in [-0.39, 0.29) is 11.8 Å². The molecule has 1 heterocycles. The van der Waals surface area contributed by atoms with E-state index in [0.29, 0.717) is 0 Å². The van der Waals surface area contributed by atoms with Crippen LogP contribution in [0.15, 0.2) is 109 Å². The Morgan fingerprint density at radius 1 is 0.581 bits per heavy atom. The highest BCUT2D eigenvalue weighted by Gasteiger charge is 2.35. The smallest absolute Gasteiger partial charge is 0.0746 e. The summed E-state index contributed by atoms with van der Waals surface area (Å²) in [5.74, 6) is 0.235. The molecule has 6 rings (SSSR count). The molecule has 2 atom stereocenters. The van der Waals surface area contributed by atoms with Gasteiger partial charge in [0.05, 0.1) is 5.52 Å². The molecule has 1 aromatic heterocycles. The lowest BCUT2D eigenvalue weighted by Crippen LogP contribution is -2.21. The third-order valence-electron chi connectivity index (χ3n) is 6.38. The van der Waals surface area contributed by atoms with Crippen LogP contribution in [0.25, 0.3) is 10.9 Å². The van der Waals surface area contributed by atoms with E-state index < -0.39 is 0 Å². The molecule has 4 aromatic carbocycles. The standard InChI is InChI=1S/C29H20ClN/c30-22-14-16-23-25(18-22)26(19-8-3-1-4-9-19)24-15-13-21-12-7-17-31-29(21)28(24)27(23)20-10-5-2-6-11-20/h1-18,26-27H. The Morgan fingerprint density at radius 2 is 1.26 bits per heavy atom. The minimum absolute atomic E-state index is 0.113. The molecule has 5 aromatic rings. The Bertz CT molecular complexity index is 1390. The van der Waals surface area contributed by atoms with Gasteiger partial charge in [0.15, 0.2) is 0 Å². The van der Waals surface area contributed by atoms with Crippen LogP contribution in [0.3, 0.4) is 0 Å². The van der Waals surface area contributed by atoms with E-state index in [1.54, 1.807) is 0 Å². The number of halogens is 1. The molecule has 0 saturated heterocycles. The van der Waals surface area contributed by atoms with E-state index in [4.69, 9.17) is 16.6 Å². The molecule has 1 nitrogen and oxygen atoms in total. The monoisotopic (exact) mass is 417 g/mol. The number of fused-ring (bicyclic) bond motifs is 4. The van der Waals surface area contributed by atoms with Crippen LogP contribution in [0, 0.1) is 0 Å². The van der Waals surface area contributed by atoms with Crippen molar-refractivity contribution in [2.75, 3.05) is 0 Å². The molecule has 0 fully saturated rings. The van der Waals surface area contributed by atoms with Crippen molar-refractivity contribution in [3.05, 3.63) is 148 Å². The average Bonchev–Trinajstić information content (AvgIpc) is 2.83. The third-order valence-corrected chi connectivity index (χ3v) is 6.62. The normalized spacial score (nSPS) is 17.2. The summed E-state index contributed by atoms with van der Waals surface area (Å²) in [6, 6.07) is 36.5. The van der Waals surface area contributed by atoms with Crippen molar-refractivity contribution in [2.24, 2.45) is 0 Å². The lowest BCUT2D eigenvalue weighted by Gasteiger charge is -2.35. The van der Waals surface area contributed by atoms with E-state index in [1.807, 2.05) is 18.3 Å². The molecule has 0 bridgehead atoms. The Kier molecular flexibility index (Phi) is 4.36. The van der Waals surface area contributed by atoms with Gasteiger partial charge in [-0.15, -0.1) is 0 Å². The fraction of sp³-hybridized carbons (Fsp3) is 0.0690. The van der Waals surface area contributed by atoms with Crippen LogP contribution in [0.5, 0.6) is 0 Å². The van der Waals surface area contributed by atoms with Crippen LogP contribution in [-0.4, -0.2) is 4.98 Å². The first-order chi connectivity index (χ1) is 15.3. The highest BCUT2D eigenvalue weighted by molar-refractivity contribution is 6.30. The van der Waals surface area contributed by atoms with Crippen molar-refractivity contribution in [2.45, 2.75) is 11.8 Å². The molecular weight excluding hydrogens is 398 g/mol. The van der Waals surface area contributed by atoms with Gasteiger partial charge in [0.1, 0.15) is 0 Å². The fourth-order valence-corrected chi connectivity index (χ4v) is 5.30. The molecule has 0 spiro atoms. The Balaban J connectivity index is 1.75. The summed E-state index contributed by atoms with van der Waals surface area (Å²) in [5.41, 5.74) is 8.81. The summed E-state index contributed by atoms with van der Waals surface area (Å²) in [7, 11) is 0. The van der Waals surface area contributed by atoms with Gasteiger partial charge < -0.3 is 0 Å². The minimum Gasteiger partial charge on any atom is -0.256 e. The van der Waals surface area contributed by atoms with Gasteiger partial charge in [-0.2, -0.15) is 0 Å². The molecule has 1 aliphatic rings. The van der Waals surface area contributed by atoms with Gasteiger partial charge in [-0.3, -0.25) is 4.98 Å². The van der Waals surface area contributed by atoms with Gasteiger partial charge >= 0.3 is 0 Å². The molecule has 31 heavy (non-hydrogen) atoms. The predicted octanol–water partition coefficient (Wildman–Crippen LogP) is 7.56. The zero-order chi connectivity index (χ0) is 20.8. The molecule has 2 unspecified atom stereocenters. The number of hydrogen-bond donors (Lipinski definition) is 0. The van der Waals surface area contributed by atoms with Crippen molar-refractivity contribution < 1.29 is 0 Å². The Hall–Kier alpha value is -3.42. The second-order valence-corrected chi connectivity index (χ2v) is 8.54. The maximum absolute atomic E-state index is 6.53. The molecular formula is C29H20ClN. The zero-order valence-corrected chi connectivity index (χ0v) is 17.6. The average molecular weight is 418 g/mol. The molecule has 148 valence electrons. The molecule has 0 amide bonds. The van der Waals surface area contributed by atoms with Gasteiger partial charge in [-0.1, -0.05) is 96.5 Å². The van der Waals surface area contributed by atoms with E-state index >= 15 is 0 Å². The number of hydrogen-bond acceptors (Lipinski definition) is 1. The minimum atomic E-state index is 0.113.